The van der Waals surface area contributed by atoms with Gasteiger partial charge in [-0.2, -0.15) is 0 Å². The summed E-state index contributed by atoms with van der Waals surface area (Å²) in [6.45, 7) is 1.47. The van der Waals surface area contributed by atoms with E-state index in [1.54, 1.807) is 20.4 Å². The minimum Gasteiger partial charge on any atom is -0.497 e. The zero-order valence-electron chi connectivity index (χ0n) is 11.8. The van der Waals surface area contributed by atoms with Crippen molar-refractivity contribution < 1.29 is 14.3 Å². The Hall–Kier alpha value is -2.49. The molecule has 0 aliphatic rings. The van der Waals surface area contributed by atoms with Crippen molar-refractivity contribution in [2.75, 3.05) is 14.2 Å². The number of ether oxygens (including phenoxy) is 2. The number of benzene rings is 2. The Labute approximate surface area is 118 Å². The zero-order chi connectivity index (χ0) is 14.5. The molecule has 20 heavy (non-hydrogen) atoms. The molecule has 2 aromatic rings. The third-order valence-electron chi connectivity index (χ3n) is 2.99. The van der Waals surface area contributed by atoms with E-state index in [1.165, 1.54) is 6.92 Å². The maximum Gasteiger partial charge on any atom is 0.220 e. The smallest absolute Gasteiger partial charge is 0.220 e. The Morgan fingerprint density at radius 2 is 1.90 bits per heavy atom. The number of fused-ring (bicyclic) bond motifs is 1. The highest BCUT2D eigenvalue weighted by atomic mass is 16.5. The Morgan fingerprint density at radius 1 is 1.15 bits per heavy atom. The number of hydrogen-bond acceptors (Lipinski definition) is 3. The lowest BCUT2D eigenvalue weighted by molar-refractivity contribution is -0.118. The number of hydrogen-bond donors (Lipinski definition) is 1. The van der Waals surface area contributed by atoms with Crippen LogP contribution in [0.5, 0.6) is 11.5 Å². The summed E-state index contributed by atoms with van der Waals surface area (Å²) in [6.07, 6.45) is 3.43. The van der Waals surface area contributed by atoms with E-state index in [0.29, 0.717) is 0 Å². The summed E-state index contributed by atoms with van der Waals surface area (Å²) in [6, 6.07) is 9.75. The van der Waals surface area contributed by atoms with E-state index in [2.05, 4.69) is 5.32 Å². The van der Waals surface area contributed by atoms with Crippen LogP contribution in [0.3, 0.4) is 0 Å². The van der Waals surface area contributed by atoms with Gasteiger partial charge in [-0.1, -0.05) is 12.1 Å². The first kappa shape index (κ1) is 13.9. The van der Waals surface area contributed by atoms with Gasteiger partial charge in [-0.05, 0) is 35.0 Å². The third kappa shape index (κ3) is 2.91. The molecule has 4 heteroatoms. The first-order chi connectivity index (χ1) is 9.65. The van der Waals surface area contributed by atoms with Gasteiger partial charge in [0.1, 0.15) is 11.5 Å². The summed E-state index contributed by atoms with van der Waals surface area (Å²) in [4.78, 5) is 10.9. The van der Waals surface area contributed by atoms with Crippen molar-refractivity contribution in [1.82, 2.24) is 5.32 Å². The molecule has 0 aromatic heterocycles. The van der Waals surface area contributed by atoms with E-state index in [1.807, 2.05) is 36.4 Å². The van der Waals surface area contributed by atoms with Gasteiger partial charge in [0.05, 0.1) is 14.2 Å². The largest absolute Gasteiger partial charge is 0.497 e. The standard InChI is InChI=1S/C16H17NO3/c1-11(18)17-9-8-14-15-10-13(19-2)6-4-12(15)5-7-16(14)20-3/h4-10H,1-3H3,(H,17,18). The molecule has 2 rings (SSSR count). The number of methoxy groups -OCH3 is 2. The van der Waals surface area contributed by atoms with Crippen LogP contribution >= 0.6 is 0 Å². The molecular formula is C16H17NO3. The lowest BCUT2D eigenvalue weighted by atomic mass is 10.0. The molecule has 0 saturated heterocycles. The molecule has 0 heterocycles. The predicted molar refractivity (Wildman–Crippen MR) is 79.9 cm³/mol. The molecule has 2 aromatic carbocycles. The second kappa shape index (κ2) is 6.10. The second-order valence-corrected chi connectivity index (χ2v) is 4.30. The number of rotatable bonds is 4. The van der Waals surface area contributed by atoms with E-state index >= 15 is 0 Å². The molecular weight excluding hydrogens is 254 g/mol. The van der Waals surface area contributed by atoms with E-state index < -0.39 is 0 Å². The highest BCUT2D eigenvalue weighted by Crippen LogP contribution is 2.31. The molecule has 1 N–H and O–H groups in total. The molecule has 0 bridgehead atoms. The second-order valence-electron chi connectivity index (χ2n) is 4.30. The van der Waals surface area contributed by atoms with Crippen LogP contribution in [0.15, 0.2) is 36.5 Å². The van der Waals surface area contributed by atoms with E-state index in [9.17, 15) is 4.79 Å². The first-order valence-electron chi connectivity index (χ1n) is 6.24. The predicted octanol–water partition coefficient (Wildman–Crippen LogP) is 2.96. The van der Waals surface area contributed by atoms with Gasteiger partial charge in [-0.15, -0.1) is 0 Å². The van der Waals surface area contributed by atoms with E-state index in [0.717, 1.165) is 27.8 Å². The molecule has 104 valence electrons. The lowest BCUT2D eigenvalue weighted by Gasteiger charge is -2.10. The molecule has 0 aliphatic carbocycles. The molecule has 0 aliphatic heterocycles. The lowest BCUT2D eigenvalue weighted by Crippen LogP contribution is -2.11. The van der Waals surface area contributed by atoms with Gasteiger partial charge in [-0.25, -0.2) is 0 Å². The summed E-state index contributed by atoms with van der Waals surface area (Å²) in [7, 11) is 3.26. The highest BCUT2D eigenvalue weighted by Gasteiger charge is 2.07. The van der Waals surface area contributed by atoms with Gasteiger partial charge in [0.25, 0.3) is 0 Å². The van der Waals surface area contributed by atoms with Crippen LogP contribution in [0.4, 0.5) is 0 Å². The summed E-state index contributed by atoms with van der Waals surface area (Å²) >= 11 is 0. The van der Waals surface area contributed by atoms with Crippen molar-refractivity contribution in [3.8, 4) is 11.5 Å². The van der Waals surface area contributed by atoms with Gasteiger partial charge in [0.2, 0.25) is 5.91 Å². The summed E-state index contributed by atoms with van der Waals surface area (Å²) in [5.74, 6) is 1.41. The number of carbonyl (C=O) groups is 1. The maximum atomic E-state index is 10.9. The van der Waals surface area contributed by atoms with Crippen LogP contribution in [0, 0.1) is 0 Å². The van der Waals surface area contributed by atoms with Crippen molar-refractivity contribution >= 4 is 22.8 Å². The summed E-state index contributed by atoms with van der Waals surface area (Å²) < 4.78 is 10.6. The van der Waals surface area contributed by atoms with Crippen LogP contribution in [0.2, 0.25) is 0 Å². The SMILES string of the molecule is COc1ccc2ccc(OC)c(C=CNC(C)=O)c2c1. The van der Waals surface area contributed by atoms with Crippen molar-refractivity contribution in [1.29, 1.82) is 0 Å². The monoisotopic (exact) mass is 271 g/mol. The molecule has 4 nitrogen and oxygen atoms in total. The van der Waals surface area contributed by atoms with Crippen molar-refractivity contribution in [3.05, 3.63) is 42.1 Å². The van der Waals surface area contributed by atoms with Crippen LogP contribution in [0.25, 0.3) is 16.8 Å². The van der Waals surface area contributed by atoms with Crippen molar-refractivity contribution in [2.24, 2.45) is 0 Å². The van der Waals surface area contributed by atoms with E-state index in [4.69, 9.17) is 9.47 Å². The van der Waals surface area contributed by atoms with Crippen LogP contribution in [-0.2, 0) is 4.79 Å². The number of amides is 1. The molecule has 0 fully saturated rings. The number of carbonyl (C=O) groups excluding carboxylic acids is 1. The minimum absolute atomic E-state index is 0.113. The fourth-order valence-corrected chi connectivity index (χ4v) is 2.02. The van der Waals surface area contributed by atoms with Crippen LogP contribution in [-0.4, -0.2) is 20.1 Å². The minimum atomic E-state index is -0.113. The molecule has 0 spiro atoms. The fourth-order valence-electron chi connectivity index (χ4n) is 2.02. The van der Waals surface area contributed by atoms with Gasteiger partial charge in [-0.3, -0.25) is 4.79 Å². The van der Waals surface area contributed by atoms with Crippen molar-refractivity contribution in [3.63, 3.8) is 0 Å². The summed E-state index contributed by atoms with van der Waals surface area (Å²) in [5.41, 5.74) is 0.901. The molecule has 0 saturated carbocycles. The van der Waals surface area contributed by atoms with Crippen molar-refractivity contribution in [2.45, 2.75) is 6.92 Å². The third-order valence-corrected chi connectivity index (χ3v) is 2.99. The Kier molecular flexibility index (Phi) is 4.25. The molecule has 1 amide bonds. The fraction of sp³-hybridized carbons (Fsp3) is 0.188. The van der Waals surface area contributed by atoms with Crippen LogP contribution in [0.1, 0.15) is 12.5 Å². The van der Waals surface area contributed by atoms with Gasteiger partial charge in [0.15, 0.2) is 0 Å². The normalized spacial score (nSPS) is 10.8. The average Bonchev–Trinajstić information content (AvgIpc) is 2.46. The first-order valence-corrected chi connectivity index (χ1v) is 6.24. The summed E-state index contributed by atoms with van der Waals surface area (Å²) in [5, 5.41) is 4.72. The zero-order valence-corrected chi connectivity index (χ0v) is 11.8. The quantitative estimate of drug-likeness (QED) is 0.930. The van der Waals surface area contributed by atoms with Gasteiger partial charge >= 0.3 is 0 Å². The Morgan fingerprint density at radius 3 is 2.55 bits per heavy atom. The molecule has 0 unspecified atom stereocenters. The van der Waals surface area contributed by atoms with Crippen LogP contribution < -0.4 is 14.8 Å². The Balaban J connectivity index is 2.56. The topological polar surface area (TPSA) is 47.6 Å². The number of nitrogens with one attached hydrogen (secondary N) is 1. The van der Waals surface area contributed by atoms with Gasteiger partial charge < -0.3 is 14.8 Å². The van der Waals surface area contributed by atoms with E-state index in [-0.39, 0.29) is 5.91 Å². The van der Waals surface area contributed by atoms with Gasteiger partial charge in [0, 0.05) is 18.7 Å². The molecule has 0 radical (unpaired) electrons. The average molecular weight is 271 g/mol. The highest BCUT2D eigenvalue weighted by molar-refractivity contribution is 5.94. The molecule has 0 atom stereocenters. The maximum absolute atomic E-state index is 10.9. The Bertz CT molecular complexity index is 657.